The molecule has 0 radical (unpaired) electrons. The third-order valence-corrected chi connectivity index (χ3v) is 7.68. The second-order valence-electron chi connectivity index (χ2n) is 10.1. The Hall–Kier alpha value is -2.38. The Bertz CT molecular complexity index is 1410. The van der Waals surface area contributed by atoms with Crippen molar-refractivity contribution in [1.29, 1.82) is 0 Å². The summed E-state index contributed by atoms with van der Waals surface area (Å²) < 4.78 is 41.8. The number of halogens is 2. The molecule has 36 heavy (non-hydrogen) atoms. The van der Waals surface area contributed by atoms with E-state index in [-0.39, 0.29) is 35.3 Å². The number of anilines is 1. The van der Waals surface area contributed by atoms with Gasteiger partial charge in [-0.1, -0.05) is 11.6 Å². The number of fused-ring (bicyclic) bond motifs is 1. The minimum Gasteiger partial charge on any atom is -0.390 e. The Balaban J connectivity index is 1.71. The zero-order valence-electron chi connectivity index (χ0n) is 20.7. The minimum atomic E-state index is -3.40. The number of hydrogen-bond acceptors (Lipinski definition) is 8. The van der Waals surface area contributed by atoms with E-state index in [9.17, 15) is 18.6 Å². The molecule has 3 aromatic rings. The summed E-state index contributed by atoms with van der Waals surface area (Å²) in [6, 6.07) is 2.53. The maximum absolute atomic E-state index is 15.2. The third kappa shape index (κ3) is 5.18. The lowest BCUT2D eigenvalue weighted by Crippen LogP contribution is -2.51. The molecule has 196 valence electrons. The van der Waals surface area contributed by atoms with Crippen LogP contribution in [0, 0.1) is 5.82 Å². The standard InChI is InChI=1S/C23H30ClFN6O4S/c1-12(32)21-28-20-15(25)8-13(9-17(20)31(21)23(2,3)4)19-14(24)10-26-22(29-19)27-16-6-7-30(11-18(16)33)36(5,34)35/h8-10,12,16,18,32-33H,6-7,11H2,1-5H3,(H,26,27,29)/t12?,16-,18-/m1/s1. The summed E-state index contributed by atoms with van der Waals surface area (Å²) in [5, 5.41) is 24.0. The van der Waals surface area contributed by atoms with E-state index in [1.54, 1.807) is 17.6 Å². The summed E-state index contributed by atoms with van der Waals surface area (Å²) in [6.45, 7) is 7.59. The van der Waals surface area contributed by atoms with Crippen molar-refractivity contribution in [3.05, 3.63) is 35.0 Å². The summed E-state index contributed by atoms with van der Waals surface area (Å²) in [4.78, 5) is 13.0. The number of aromatic nitrogens is 4. The third-order valence-electron chi connectivity index (χ3n) is 6.13. The van der Waals surface area contributed by atoms with Crippen molar-refractivity contribution in [1.82, 2.24) is 23.8 Å². The zero-order valence-corrected chi connectivity index (χ0v) is 22.3. The zero-order chi connectivity index (χ0) is 26.6. The molecule has 10 nitrogen and oxygen atoms in total. The molecule has 4 rings (SSSR count). The van der Waals surface area contributed by atoms with Crippen LogP contribution in [0.4, 0.5) is 10.3 Å². The molecule has 0 spiro atoms. The van der Waals surface area contributed by atoms with Crippen LogP contribution in [-0.2, 0) is 15.6 Å². The number of benzene rings is 1. The van der Waals surface area contributed by atoms with E-state index >= 15 is 4.39 Å². The molecule has 3 N–H and O–H groups in total. The number of imidazole rings is 1. The number of rotatable bonds is 5. The number of β-amino-alcohol motifs (C(OH)–C–C–N with tert-alkyl or cyclic N) is 1. The monoisotopic (exact) mass is 540 g/mol. The Morgan fingerprint density at radius 1 is 1.28 bits per heavy atom. The highest BCUT2D eigenvalue weighted by Gasteiger charge is 2.32. The summed E-state index contributed by atoms with van der Waals surface area (Å²) in [5.74, 6) is -0.0694. The molecular weight excluding hydrogens is 511 g/mol. The van der Waals surface area contributed by atoms with Gasteiger partial charge >= 0.3 is 0 Å². The van der Waals surface area contributed by atoms with Gasteiger partial charge in [0, 0.05) is 24.2 Å². The van der Waals surface area contributed by atoms with Gasteiger partial charge in [0.05, 0.1) is 40.8 Å². The van der Waals surface area contributed by atoms with E-state index in [1.165, 1.54) is 16.6 Å². The van der Waals surface area contributed by atoms with Crippen LogP contribution in [0.3, 0.4) is 0 Å². The van der Waals surface area contributed by atoms with Crippen LogP contribution in [0.15, 0.2) is 18.3 Å². The highest BCUT2D eigenvalue weighted by atomic mass is 35.5. The first-order valence-corrected chi connectivity index (χ1v) is 13.7. The van der Waals surface area contributed by atoms with Crippen LogP contribution < -0.4 is 5.32 Å². The van der Waals surface area contributed by atoms with Gasteiger partial charge in [-0.3, -0.25) is 0 Å². The molecule has 1 unspecified atom stereocenters. The fourth-order valence-electron chi connectivity index (χ4n) is 4.45. The van der Waals surface area contributed by atoms with Crippen LogP contribution in [0.25, 0.3) is 22.3 Å². The lowest BCUT2D eigenvalue weighted by atomic mass is 10.0. The molecule has 1 aliphatic heterocycles. The van der Waals surface area contributed by atoms with E-state index in [0.29, 0.717) is 23.3 Å². The van der Waals surface area contributed by atoms with Crippen LogP contribution in [0.1, 0.15) is 46.0 Å². The van der Waals surface area contributed by atoms with Gasteiger partial charge in [-0.15, -0.1) is 0 Å². The van der Waals surface area contributed by atoms with Crippen molar-refractivity contribution in [2.24, 2.45) is 0 Å². The van der Waals surface area contributed by atoms with E-state index < -0.39 is 39.6 Å². The van der Waals surface area contributed by atoms with Crippen LogP contribution in [0.2, 0.25) is 5.02 Å². The number of nitrogens with zero attached hydrogens (tertiary/aromatic N) is 5. The maximum Gasteiger partial charge on any atom is 0.223 e. The Kier molecular flexibility index (Phi) is 7.03. The highest BCUT2D eigenvalue weighted by molar-refractivity contribution is 7.88. The molecule has 0 saturated carbocycles. The van der Waals surface area contributed by atoms with E-state index in [2.05, 4.69) is 20.3 Å². The fraction of sp³-hybridized carbons (Fsp3) is 0.522. The molecule has 0 aliphatic carbocycles. The maximum atomic E-state index is 15.2. The van der Waals surface area contributed by atoms with Crippen LogP contribution in [0.5, 0.6) is 0 Å². The predicted octanol–water partition coefficient (Wildman–Crippen LogP) is 2.90. The molecule has 2 aromatic heterocycles. The first kappa shape index (κ1) is 26.7. The lowest BCUT2D eigenvalue weighted by molar-refractivity contribution is 0.0950. The number of hydrogen-bond donors (Lipinski definition) is 3. The summed E-state index contributed by atoms with van der Waals surface area (Å²) in [6.07, 6.45) is 0.967. The van der Waals surface area contributed by atoms with Crippen molar-refractivity contribution >= 4 is 38.6 Å². The normalized spacial score (nSPS) is 20.6. The second-order valence-corrected chi connectivity index (χ2v) is 12.5. The first-order valence-electron chi connectivity index (χ1n) is 11.5. The SMILES string of the molecule is CC(O)c1nc2c(F)cc(-c3nc(N[C@@H]4CCN(S(C)(=O)=O)C[C@H]4O)ncc3Cl)cc2n1C(C)(C)C. The van der Waals surface area contributed by atoms with Crippen LogP contribution in [-0.4, -0.2) is 73.9 Å². The van der Waals surface area contributed by atoms with E-state index in [1.807, 2.05) is 20.8 Å². The van der Waals surface area contributed by atoms with Gasteiger partial charge in [-0.05, 0) is 46.2 Å². The quantitative estimate of drug-likeness (QED) is 0.450. The molecule has 13 heteroatoms. The number of aliphatic hydroxyl groups excluding tert-OH is 2. The van der Waals surface area contributed by atoms with E-state index in [4.69, 9.17) is 11.6 Å². The predicted molar refractivity (Wildman–Crippen MR) is 136 cm³/mol. The van der Waals surface area contributed by atoms with Crippen LogP contribution >= 0.6 is 11.6 Å². The molecule has 1 saturated heterocycles. The smallest absolute Gasteiger partial charge is 0.223 e. The van der Waals surface area contributed by atoms with Crippen molar-refractivity contribution in [2.75, 3.05) is 24.7 Å². The van der Waals surface area contributed by atoms with Crippen molar-refractivity contribution in [3.63, 3.8) is 0 Å². The lowest BCUT2D eigenvalue weighted by Gasteiger charge is -2.34. The average Bonchev–Trinajstić information content (AvgIpc) is 3.17. The van der Waals surface area contributed by atoms with Gasteiger partial charge in [-0.2, -0.15) is 4.31 Å². The molecule has 1 aliphatic rings. The number of piperidine rings is 1. The second kappa shape index (κ2) is 9.49. The van der Waals surface area contributed by atoms with Gasteiger partial charge < -0.3 is 20.1 Å². The summed E-state index contributed by atoms with van der Waals surface area (Å²) in [7, 11) is -3.40. The molecule has 3 atom stereocenters. The fourth-order valence-corrected chi connectivity index (χ4v) is 5.51. The first-order chi connectivity index (χ1) is 16.7. The van der Waals surface area contributed by atoms with Crippen molar-refractivity contribution in [3.8, 4) is 11.3 Å². The van der Waals surface area contributed by atoms with Gasteiger partial charge in [-0.25, -0.2) is 27.8 Å². The molecule has 1 aromatic carbocycles. The molecule has 3 heterocycles. The topological polar surface area (TPSA) is 133 Å². The molecule has 1 fully saturated rings. The summed E-state index contributed by atoms with van der Waals surface area (Å²) >= 11 is 6.40. The van der Waals surface area contributed by atoms with Gasteiger partial charge in [0.1, 0.15) is 17.4 Å². The number of nitrogens with one attached hydrogen (secondary N) is 1. The van der Waals surface area contributed by atoms with Crippen molar-refractivity contribution < 1.29 is 23.0 Å². The average molecular weight is 541 g/mol. The Labute approximate surface area is 214 Å². The van der Waals surface area contributed by atoms with Gasteiger partial charge in [0.15, 0.2) is 5.82 Å². The highest BCUT2D eigenvalue weighted by Crippen LogP contribution is 2.35. The number of sulfonamides is 1. The largest absolute Gasteiger partial charge is 0.390 e. The summed E-state index contributed by atoms with van der Waals surface area (Å²) in [5.41, 5.74) is 0.796. The molecular formula is C23H30ClFN6O4S. The Morgan fingerprint density at radius 2 is 1.97 bits per heavy atom. The van der Waals surface area contributed by atoms with Crippen molar-refractivity contribution in [2.45, 2.75) is 57.9 Å². The van der Waals surface area contributed by atoms with Gasteiger partial charge in [0.2, 0.25) is 16.0 Å². The molecule has 0 amide bonds. The van der Waals surface area contributed by atoms with E-state index in [0.717, 1.165) is 6.26 Å². The molecule has 0 bridgehead atoms. The number of aliphatic hydroxyl groups is 2. The Morgan fingerprint density at radius 3 is 2.56 bits per heavy atom. The minimum absolute atomic E-state index is 0.0404. The van der Waals surface area contributed by atoms with Gasteiger partial charge in [0.25, 0.3) is 0 Å².